The summed E-state index contributed by atoms with van der Waals surface area (Å²) in [7, 11) is 0. The van der Waals surface area contributed by atoms with Gasteiger partial charge in [-0.05, 0) is 6.92 Å². The molecule has 0 fully saturated rings. The maximum atomic E-state index is 9.64. The Kier molecular flexibility index (Phi) is 9.60. The Bertz CT molecular complexity index is 105. The molecule has 0 amide bonds. The van der Waals surface area contributed by atoms with E-state index in [9.17, 15) is 8.76 Å². The van der Waals surface area contributed by atoms with Gasteiger partial charge in [-0.3, -0.25) is 4.18 Å². The number of rotatable bonds is 3. The van der Waals surface area contributed by atoms with Crippen molar-refractivity contribution in [1.29, 1.82) is 0 Å². The maximum Gasteiger partial charge on any atom is 1.00 e. The van der Waals surface area contributed by atoms with Crippen LogP contribution in [0.1, 0.15) is 8.35 Å². The summed E-state index contributed by atoms with van der Waals surface area (Å²) in [6, 6.07) is 0. The van der Waals surface area contributed by atoms with Crippen LogP contribution in [0, 0.1) is 0 Å². The van der Waals surface area contributed by atoms with Crippen LogP contribution in [0.15, 0.2) is 12.2 Å². The molecule has 0 aromatic rings. The van der Waals surface area contributed by atoms with E-state index in [4.69, 9.17) is 0 Å². The fourth-order valence-corrected chi connectivity index (χ4v) is 0.446. The molecule has 3 nitrogen and oxygen atoms in total. The van der Waals surface area contributed by atoms with Gasteiger partial charge in [-0.15, -0.1) is 0 Å². The first-order valence-corrected chi connectivity index (χ1v) is 3.00. The van der Waals surface area contributed by atoms with Crippen LogP contribution >= 0.6 is 0 Å². The fourth-order valence-electron chi connectivity index (χ4n) is 0.149. The summed E-state index contributed by atoms with van der Waals surface area (Å²) in [6.45, 7) is 5.20. The van der Waals surface area contributed by atoms with Gasteiger partial charge in [-0.1, -0.05) is 12.2 Å². The van der Waals surface area contributed by atoms with E-state index < -0.39 is 11.4 Å². The molecule has 0 saturated heterocycles. The summed E-state index contributed by atoms with van der Waals surface area (Å²) in [6.07, 6.45) is 0. The molecule has 0 heterocycles. The summed E-state index contributed by atoms with van der Waals surface area (Å²) >= 11 is -2.40. The largest absolute Gasteiger partial charge is 1.00 e. The third-order valence-corrected chi connectivity index (χ3v) is 0.712. The van der Waals surface area contributed by atoms with Gasteiger partial charge in [0.1, 0.15) is 0 Å². The van der Waals surface area contributed by atoms with E-state index in [0.717, 1.165) is 0 Å². The Morgan fingerprint density at radius 1 is 2.00 bits per heavy atom. The molecule has 0 N–H and O–H groups in total. The van der Waals surface area contributed by atoms with Gasteiger partial charge >= 0.3 is 29.6 Å². The van der Waals surface area contributed by atoms with Crippen LogP contribution < -0.4 is 29.6 Å². The van der Waals surface area contributed by atoms with E-state index in [1.54, 1.807) is 6.92 Å². The minimum absolute atomic E-state index is 0. The molecule has 0 spiro atoms. The summed E-state index contributed by atoms with van der Waals surface area (Å²) < 4.78 is 23.4. The summed E-state index contributed by atoms with van der Waals surface area (Å²) in [5.41, 5.74) is 0.689. The molecule has 0 aromatic carbocycles. The summed E-state index contributed by atoms with van der Waals surface area (Å²) in [4.78, 5) is 0. The Morgan fingerprint density at radius 3 is 2.56 bits per heavy atom. The minimum atomic E-state index is -2.40. The Balaban J connectivity index is -0.000000245. The maximum absolute atomic E-state index is 9.64. The molecule has 0 saturated carbocycles. The quantitative estimate of drug-likeness (QED) is 0.259. The molecule has 9 heavy (non-hydrogen) atoms. The van der Waals surface area contributed by atoms with Gasteiger partial charge in [0.2, 0.25) is 0 Å². The van der Waals surface area contributed by atoms with Gasteiger partial charge in [-0.2, -0.15) is 0 Å². The van der Waals surface area contributed by atoms with Gasteiger partial charge in [0.15, 0.2) is 0 Å². The van der Waals surface area contributed by atoms with Crippen molar-refractivity contribution >= 4 is 11.4 Å². The van der Waals surface area contributed by atoms with Crippen LogP contribution in [0.4, 0.5) is 0 Å². The van der Waals surface area contributed by atoms with Crippen molar-refractivity contribution in [1.82, 2.24) is 0 Å². The van der Waals surface area contributed by atoms with Gasteiger partial charge in [0.25, 0.3) is 0 Å². The predicted molar refractivity (Wildman–Crippen MR) is 30.8 cm³/mol. The molecule has 50 valence electrons. The summed E-state index contributed by atoms with van der Waals surface area (Å²) in [5, 5.41) is 0. The van der Waals surface area contributed by atoms with Crippen molar-refractivity contribution in [2.24, 2.45) is 0 Å². The van der Waals surface area contributed by atoms with Crippen LogP contribution in [0.3, 0.4) is 0 Å². The molecule has 0 aliphatic heterocycles. The fraction of sp³-hybridized carbons (Fsp3) is 0.500. The van der Waals surface area contributed by atoms with Crippen molar-refractivity contribution in [3.8, 4) is 0 Å². The van der Waals surface area contributed by atoms with Crippen LogP contribution in [-0.2, 0) is 15.5 Å². The van der Waals surface area contributed by atoms with E-state index in [1.165, 1.54) is 0 Å². The second kappa shape index (κ2) is 6.92. The third-order valence-electron chi connectivity index (χ3n) is 0.402. The van der Waals surface area contributed by atoms with Crippen LogP contribution in [0.5, 0.6) is 0 Å². The molecule has 0 rings (SSSR count). The molecular formula is C4H8NaO3S-. The second-order valence-corrected chi connectivity index (χ2v) is 2.07. The smallest absolute Gasteiger partial charge is 1.00 e. The Hall–Kier alpha value is 0.810. The molecule has 1 atom stereocenters. The number of hydrogen-bond acceptors (Lipinski definition) is 3. The minimum Gasteiger partial charge on any atom is -1.00 e. The zero-order valence-corrected chi connectivity index (χ0v) is 8.36. The summed E-state index contributed by atoms with van der Waals surface area (Å²) in [5.74, 6) is 0. The zero-order valence-electron chi connectivity index (χ0n) is 6.55. The van der Waals surface area contributed by atoms with Crippen molar-refractivity contribution in [3.05, 3.63) is 12.2 Å². The number of hydrogen-bond donors (Lipinski definition) is 0. The van der Waals surface area contributed by atoms with Crippen molar-refractivity contribution in [2.75, 3.05) is 6.61 Å². The SMILES string of the molecule is C=C(C)COS(=O)[O-].[H-].[Na+]. The van der Waals surface area contributed by atoms with Crippen LogP contribution in [0.25, 0.3) is 0 Å². The molecular weight excluding hydrogens is 151 g/mol. The van der Waals surface area contributed by atoms with Gasteiger partial charge < -0.3 is 5.98 Å². The first kappa shape index (κ1) is 12.5. The topological polar surface area (TPSA) is 49.4 Å². The van der Waals surface area contributed by atoms with Gasteiger partial charge in [0, 0.05) is 0 Å². The van der Waals surface area contributed by atoms with Crippen molar-refractivity contribution in [3.63, 3.8) is 0 Å². The monoisotopic (exact) mass is 159 g/mol. The molecule has 0 aromatic heterocycles. The van der Waals surface area contributed by atoms with Gasteiger partial charge in [0.05, 0.1) is 18.0 Å². The normalized spacial score (nSPS) is 11.8. The first-order chi connectivity index (χ1) is 3.63. The van der Waals surface area contributed by atoms with Crippen molar-refractivity contribution < 1.29 is 43.9 Å². The first-order valence-electron chi connectivity index (χ1n) is 2.00. The van der Waals surface area contributed by atoms with E-state index >= 15 is 0 Å². The predicted octanol–water partition coefficient (Wildman–Crippen LogP) is -2.51. The molecule has 0 bridgehead atoms. The molecule has 0 aliphatic carbocycles. The molecule has 5 heteroatoms. The Morgan fingerprint density at radius 2 is 2.44 bits per heavy atom. The standard InChI is InChI=1S/C4H8O3S.Na.H/c1-4(2)3-7-8(5)6;;/h1,3H2,2H3,(H,5,6);;/q;+1;-1/p-1. The zero-order chi connectivity index (χ0) is 6.57. The molecule has 0 radical (unpaired) electrons. The molecule has 0 aliphatic rings. The Labute approximate surface area is 80.7 Å². The third kappa shape index (κ3) is 12.1. The van der Waals surface area contributed by atoms with Crippen LogP contribution in [-0.4, -0.2) is 15.4 Å². The van der Waals surface area contributed by atoms with Crippen molar-refractivity contribution in [2.45, 2.75) is 6.92 Å². The molecule has 1 unspecified atom stereocenters. The average Bonchev–Trinajstić information content (AvgIpc) is 1.61. The van der Waals surface area contributed by atoms with E-state index in [2.05, 4.69) is 10.8 Å². The van der Waals surface area contributed by atoms with Gasteiger partial charge in [-0.25, -0.2) is 4.21 Å². The van der Waals surface area contributed by atoms with Crippen LogP contribution in [0.2, 0.25) is 0 Å². The average molecular weight is 159 g/mol. The van der Waals surface area contributed by atoms with E-state index in [0.29, 0.717) is 5.57 Å². The van der Waals surface area contributed by atoms with E-state index in [1.807, 2.05) is 0 Å². The van der Waals surface area contributed by atoms with E-state index in [-0.39, 0.29) is 37.6 Å². The second-order valence-electron chi connectivity index (χ2n) is 1.42.